The molecule has 2 heterocycles. The molecule has 0 saturated carbocycles. The van der Waals surface area contributed by atoms with Crippen LogP contribution in [0.15, 0.2) is 17.5 Å². The van der Waals surface area contributed by atoms with Crippen LogP contribution in [-0.2, 0) is 16.1 Å². The van der Waals surface area contributed by atoms with E-state index in [1.54, 1.807) is 11.3 Å². The number of thiophene rings is 1. The third kappa shape index (κ3) is 5.75. The lowest BCUT2D eigenvalue weighted by atomic mass is 10.2. The predicted octanol–water partition coefficient (Wildman–Crippen LogP) is 1.57. The van der Waals surface area contributed by atoms with Crippen LogP contribution >= 0.6 is 11.3 Å². The number of rotatable bonds is 7. The van der Waals surface area contributed by atoms with Gasteiger partial charge in [0.1, 0.15) is 0 Å². The highest BCUT2D eigenvalue weighted by molar-refractivity contribution is 7.09. The first-order valence-corrected chi connectivity index (χ1v) is 8.43. The minimum Gasteiger partial charge on any atom is -0.377 e. The third-order valence-corrected chi connectivity index (χ3v) is 4.44. The van der Waals surface area contributed by atoms with Gasteiger partial charge < -0.3 is 10.1 Å². The first-order valence-electron chi connectivity index (χ1n) is 7.55. The van der Waals surface area contributed by atoms with Crippen LogP contribution < -0.4 is 10.6 Å². The van der Waals surface area contributed by atoms with Crippen molar-refractivity contribution in [1.29, 1.82) is 0 Å². The van der Waals surface area contributed by atoms with Crippen LogP contribution in [0.25, 0.3) is 0 Å². The maximum atomic E-state index is 11.7. The van der Waals surface area contributed by atoms with Crippen LogP contribution in [0.4, 0.5) is 4.79 Å². The van der Waals surface area contributed by atoms with E-state index >= 15 is 0 Å². The van der Waals surface area contributed by atoms with Crippen molar-refractivity contribution < 1.29 is 14.3 Å². The fraction of sp³-hybridized carbons (Fsp3) is 0.600. The van der Waals surface area contributed by atoms with Gasteiger partial charge in [0.2, 0.25) is 5.91 Å². The summed E-state index contributed by atoms with van der Waals surface area (Å²) in [5.74, 6) is -0.261. The molecule has 1 aromatic heterocycles. The minimum absolute atomic E-state index is 0.252. The van der Waals surface area contributed by atoms with E-state index in [0.717, 1.165) is 32.5 Å². The molecule has 1 fully saturated rings. The molecule has 7 heteroatoms. The minimum atomic E-state index is -0.464. The number of urea groups is 1. The molecule has 1 unspecified atom stereocenters. The quantitative estimate of drug-likeness (QED) is 0.798. The average molecular weight is 325 g/mol. The monoisotopic (exact) mass is 325 g/mol. The van der Waals surface area contributed by atoms with E-state index in [0.29, 0.717) is 13.0 Å². The van der Waals surface area contributed by atoms with Gasteiger partial charge in [-0.25, -0.2) is 4.79 Å². The van der Waals surface area contributed by atoms with E-state index in [-0.39, 0.29) is 12.0 Å². The summed E-state index contributed by atoms with van der Waals surface area (Å²) in [6.07, 6.45) is 2.73. The van der Waals surface area contributed by atoms with Crippen molar-refractivity contribution in [3.63, 3.8) is 0 Å². The van der Waals surface area contributed by atoms with Crippen molar-refractivity contribution >= 4 is 23.3 Å². The molecule has 1 saturated heterocycles. The molecule has 0 aromatic carbocycles. The largest absolute Gasteiger partial charge is 0.377 e. The molecule has 122 valence electrons. The Morgan fingerprint density at radius 1 is 1.50 bits per heavy atom. The van der Waals surface area contributed by atoms with Gasteiger partial charge in [0.25, 0.3) is 0 Å². The standard InChI is InChI=1S/C15H23N3O3S/c1-16-15(20)17-14(19)6-7-18(10-12-4-2-8-21-12)11-13-5-3-9-22-13/h3,5,9,12H,2,4,6-8,10-11H2,1H3,(H2,16,17,19,20). The van der Waals surface area contributed by atoms with Gasteiger partial charge in [-0.1, -0.05) is 6.07 Å². The molecule has 0 radical (unpaired) electrons. The lowest BCUT2D eigenvalue weighted by molar-refractivity contribution is -0.120. The molecule has 0 bridgehead atoms. The van der Waals surface area contributed by atoms with Gasteiger partial charge in [-0.05, 0) is 24.3 Å². The second kappa shape index (κ2) is 8.87. The fourth-order valence-corrected chi connectivity index (χ4v) is 3.19. The van der Waals surface area contributed by atoms with E-state index < -0.39 is 6.03 Å². The summed E-state index contributed by atoms with van der Waals surface area (Å²) < 4.78 is 5.69. The molecule has 2 N–H and O–H groups in total. The van der Waals surface area contributed by atoms with Crippen molar-refractivity contribution in [2.45, 2.75) is 31.9 Å². The Morgan fingerprint density at radius 2 is 2.36 bits per heavy atom. The number of carbonyl (C=O) groups is 2. The average Bonchev–Trinajstić information content (AvgIpc) is 3.18. The normalized spacial score (nSPS) is 17.6. The Hall–Kier alpha value is -1.44. The number of nitrogens with zero attached hydrogens (tertiary/aromatic N) is 1. The van der Waals surface area contributed by atoms with Crippen LogP contribution in [0.3, 0.4) is 0 Å². The molecule has 1 aromatic rings. The molecule has 1 aliphatic heterocycles. The molecule has 1 atom stereocenters. The number of amides is 3. The molecular weight excluding hydrogens is 302 g/mol. The molecule has 22 heavy (non-hydrogen) atoms. The van der Waals surface area contributed by atoms with Crippen molar-refractivity contribution in [2.75, 3.05) is 26.7 Å². The summed E-state index contributed by atoms with van der Waals surface area (Å²) in [7, 11) is 1.49. The van der Waals surface area contributed by atoms with Gasteiger partial charge in [-0.3, -0.25) is 15.0 Å². The van der Waals surface area contributed by atoms with Crippen molar-refractivity contribution in [1.82, 2.24) is 15.5 Å². The number of imide groups is 1. The smallest absolute Gasteiger partial charge is 0.321 e. The molecule has 0 spiro atoms. The summed E-state index contributed by atoms with van der Waals surface area (Å²) >= 11 is 1.71. The molecule has 1 aliphatic rings. The molecular formula is C15H23N3O3S. The van der Waals surface area contributed by atoms with E-state index in [2.05, 4.69) is 27.0 Å². The maximum Gasteiger partial charge on any atom is 0.321 e. The zero-order chi connectivity index (χ0) is 15.8. The number of hydrogen-bond donors (Lipinski definition) is 2. The van der Waals surface area contributed by atoms with Crippen LogP contribution in [0.5, 0.6) is 0 Å². The van der Waals surface area contributed by atoms with E-state index in [1.807, 2.05) is 6.07 Å². The van der Waals surface area contributed by atoms with Gasteiger partial charge >= 0.3 is 6.03 Å². The molecule has 2 rings (SSSR count). The number of hydrogen-bond acceptors (Lipinski definition) is 5. The van der Waals surface area contributed by atoms with Gasteiger partial charge in [0.15, 0.2) is 0 Å². The summed E-state index contributed by atoms with van der Waals surface area (Å²) in [6, 6.07) is 3.66. The summed E-state index contributed by atoms with van der Waals surface area (Å²) in [4.78, 5) is 26.4. The second-order valence-corrected chi connectivity index (χ2v) is 6.36. The highest BCUT2D eigenvalue weighted by Gasteiger charge is 2.20. The summed E-state index contributed by atoms with van der Waals surface area (Å²) in [5.41, 5.74) is 0. The number of ether oxygens (including phenoxy) is 1. The van der Waals surface area contributed by atoms with Gasteiger partial charge in [-0.2, -0.15) is 0 Å². The zero-order valence-corrected chi connectivity index (χ0v) is 13.7. The van der Waals surface area contributed by atoms with Gasteiger partial charge in [-0.15, -0.1) is 11.3 Å². The van der Waals surface area contributed by atoms with Gasteiger partial charge in [0, 0.05) is 44.6 Å². The van der Waals surface area contributed by atoms with E-state index in [4.69, 9.17) is 4.74 Å². The van der Waals surface area contributed by atoms with E-state index in [1.165, 1.54) is 11.9 Å². The Balaban J connectivity index is 1.83. The van der Waals surface area contributed by atoms with Crippen molar-refractivity contribution in [3.8, 4) is 0 Å². The Bertz CT molecular complexity index is 472. The molecule has 6 nitrogen and oxygen atoms in total. The Kier molecular flexibility index (Phi) is 6.82. The first-order chi connectivity index (χ1) is 10.7. The second-order valence-electron chi connectivity index (χ2n) is 5.33. The van der Waals surface area contributed by atoms with Crippen LogP contribution in [0, 0.1) is 0 Å². The molecule has 3 amide bonds. The Morgan fingerprint density at radius 3 is 3.00 bits per heavy atom. The van der Waals surface area contributed by atoms with Crippen LogP contribution in [0.2, 0.25) is 0 Å². The number of carbonyl (C=O) groups excluding carboxylic acids is 2. The highest BCUT2D eigenvalue weighted by atomic mass is 32.1. The SMILES string of the molecule is CNC(=O)NC(=O)CCN(Cc1cccs1)CC1CCCO1. The fourth-order valence-electron chi connectivity index (χ4n) is 2.45. The number of nitrogens with one attached hydrogen (secondary N) is 2. The maximum absolute atomic E-state index is 11.7. The predicted molar refractivity (Wildman–Crippen MR) is 85.8 cm³/mol. The van der Waals surface area contributed by atoms with Crippen LogP contribution in [0.1, 0.15) is 24.1 Å². The van der Waals surface area contributed by atoms with Gasteiger partial charge in [0.05, 0.1) is 6.10 Å². The highest BCUT2D eigenvalue weighted by Crippen LogP contribution is 2.17. The lowest BCUT2D eigenvalue weighted by Crippen LogP contribution is -2.40. The summed E-state index contributed by atoms with van der Waals surface area (Å²) in [5, 5.41) is 6.72. The Labute approximate surface area is 134 Å². The lowest BCUT2D eigenvalue weighted by Gasteiger charge is -2.24. The first kappa shape index (κ1) is 16.9. The van der Waals surface area contributed by atoms with E-state index in [9.17, 15) is 9.59 Å². The molecule has 0 aliphatic carbocycles. The summed E-state index contributed by atoms with van der Waals surface area (Å²) in [6.45, 7) is 3.07. The van der Waals surface area contributed by atoms with Crippen molar-refractivity contribution in [2.24, 2.45) is 0 Å². The third-order valence-electron chi connectivity index (χ3n) is 3.58. The zero-order valence-electron chi connectivity index (χ0n) is 12.8. The van der Waals surface area contributed by atoms with Crippen LogP contribution in [-0.4, -0.2) is 49.7 Å². The van der Waals surface area contributed by atoms with Crippen molar-refractivity contribution in [3.05, 3.63) is 22.4 Å². The topological polar surface area (TPSA) is 70.7 Å².